The summed E-state index contributed by atoms with van der Waals surface area (Å²) in [6.45, 7) is 0.0246. The van der Waals surface area contributed by atoms with Gasteiger partial charge >= 0.3 is 5.97 Å². The van der Waals surface area contributed by atoms with Crippen LogP contribution in [0.15, 0.2) is 0 Å². The number of aliphatic hydroxyl groups is 1. The number of hydrogen-bond donors (Lipinski definition) is 2. The van der Waals surface area contributed by atoms with Crippen molar-refractivity contribution in [2.24, 2.45) is 5.73 Å². The number of primary amides is 1. The molecule has 0 fully saturated rings. The van der Waals surface area contributed by atoms with Crippen molar-refractivity contribution < 1.29 is 19.4 Å². The van der Waals surface area contributed by atoms with Crippen LogP contribution in [-0.2, 0) is 14.3 Å². The van der Waals surface area contributed by atoms with Gasteiger partial charge in [-0.25, -0.2) is 0 Å². The molecule has 1 amide bonds. The molecule has 0 aliphatic rings. The van der Waals surface area contributed by atoms with Crippen molar-refractivity contribution in [2.45, 2.75) is 103 Å². The summed E-state index contributed by atoms with van der Waals surface area (Å²) in [4.78, 5) is 21.8. The molecule has 25 heavy (non-hydrogen) atoms. The number of aliphatic hydroxyl groups excluding tert-OH is 1. The van der Waals surface area contributed by atoms with Crippen LogP contribution in [0.4, 0.5) is 0 Å². The largest absolute Gasteiger partial charge is 0.463 e. The number of nitrogens with two attached hydrogens (primary N) is 1. The summed E-state index contributed by atoms with van der Waals surface area (Å²) >= 11 is 0. The molecule has 0 aromatic rings. The summed E-state index contributed by atoms with van der Waals surface area (Å²) in [6, 6.07) is 0. The highest BCUT2D eigenvalue weighted by Crippen LogP contribution is 2.13. The number of hydrogen-bond acceptors (Lipinski definition) is 4. The van der Waals surface area contributed by atoms with Gasteiger partial charge in [0.15, 0.2) is 0 Å². The molecule has 0 bridgehead atoms. The summed E-state index contributed by atoms with van der Waals surface area (Å²) in [5.74, 6) is -0.373. The summed E-state index contributed by atoms with van der Waals surface area (Å²) in [5.41, 5.74) is 5.11. The quantitative estimate of drug-likeness (QED) is 0.267. The van der Waals surface area contributed by atoms with Crippen LogP contribution >= 0.6 is 0 Å². The Hall–Kier alpha value is -1.10. The van der Waals surface area contributed by atoms with Gasteiger partial charge in [0.2, 0.25) is 5.91 Å². The fraction of sp³-hybridized carbons (Fsp3) is 0.900. The fourth-order valence-electron chi connectivity index (χ4n) is 2.92. The SMILES string of the molecule is NC(=O)CCCCCCCCCCCCCCCCC(=O)OCCO. The zero-order chi connectivity index (χ0) is 18.6. The van der Waals surface area contributed by atoms with Crippen LogP contribution in [0.25, 0.3) is 0 Å². The maximum absolute atomic E-state index is 11.2. The van der Waals surface area contributed by atoms with Crippen molar-refractivity contribution in [3.05, 3.63) is 0 Å². The Balaban J connectivity index is 3.07. The molecule has 0 heterocycles. The second-order valence-electron chi connectivity index (χ2n) is 6.86. The number of unbranched alkanes of at least 4 members (excludes halogenated alkanes) is 13. The van der Waals surface area contributed by atoms with Crippen molar-refractivity contribution >= 4 is 11.9 Å². The van der Waals surface area contributed by atoms with Gasteiger partial charge in [0, 0.05) is 12.8 Å². The van der Waals surface area contributed by atoms with Crippen LogP contribution in [0.5, 0.6) is 0 Å². The Kier molecular flexibility index (Phi) is 18.4. The molecule has 0 saturated heterocycles. The molecule has 0 aromatic heterocycles. The highest BCUT2D eigenvalue weighted by molar-refractivity contribution is 5.73. The first-order valence-corrected chi connectivity index (χ1v) is 10.2. The van der Waals surface area contributed by atoms with Gasteiger partial charge in [-0.2, -0.15) is 0 Å². The third-order valence-electron chi connectivity index (χ3n) is 4.41. The Bertz CT molecular complexity index is 321. The Morgan fingerprint density at radius 2 is 1.00 bits per heavy atom. The Morgan fingerprint density at radius 3 is 1.36 bits per heavy atom. The Labute approximate surface area is 153 Å². The number of esters is 1. The molecule has 0 aliphatic heterocycles. The van der Waals surface area contributed by atoms with Gasteiger partial charge in [-0.1, -0.05) is 77.0 Å². The van der Waals surface area contributed by atoms with Gasteiger partial charge in [0.1, 0.15) is 6.61 Å². The maximum Gasteiger partial charge on any atom is 0.305 e. The molecule has 0 unspecified atom stereocenters. The van der Waals surface area contributed by atoms with Crippen LogP contribution in [0.2, 0.25) is 0 Å². The number of rotatable bonds is 19. The predicted octanol–water partition coefficient (Wildman–Crippen LogP) is 4.25. The van der Waals surface area contributed by atoms with E-state index in [9.17, 15) is 9.59 Å². The molecule has 0 rings (SSSR count). The summed E-state index contributed by atoms with van der Waals surface area (Å²) in [7, 11) is 0. The maximum atomic E-state index is 11.2. The van der Waals surface area contributed by atoms with Crippen LogP contribution in [-0.4, -0.2) is 30.2 Å². The van der Waals surface area contributed by atoms with Gasteiger partial charge in [-0.3, -0.25) is 9.59 Å². The molecule has 0 radical (unpaired) electrons. The van der Waals surface area contributed by atoms with E-state index < -0.39 is 0 Å². The smallest absolute Gasteiger partial charge is 0.305 e. The van der Waals surface area contributed by atoms with E-state index in [1.807, 2.05) is 0 Å². The van der Waals surface area contributed by atoms with Crippen LogP contribution in [0.1, 0.15) is 103 Å². The standard InChI is InChI=1S/C20H39NO4/c21-19(23)15-13-11-9-7-5-3-1-2-4-6-8-10-12-14-16-20(24)25-18-17-22/h22H,1-18H2,(H2,21,23). The van der Waals surface area contributed by atoms with E-state index in [0.29, 0.717) is 12.8 Å². The van der Waals surface area contributed by atoms with Crippen LogP contribution in [0.3, 0.4) is 0 Å². The molecule has 3 N–H and O–H groups in total. The molecule has 5 nitrogen and oxygen atoms in total. The summed E-state index contributed by atoms with van der Waals surface area (Å²) in [6.07, 6.45) is 17.9. The Morgan fingerprint density at radius 1 is 0.640 bits per heavy atom. The number of carbonyl (C=O) groups is 2. The molecule has 0 aromatic carbocycles. The monoisotopic (exact) mass is 357 g/mol. The van der Waals surface area contributed by atoms with Gasteiger partial charge in [0.05, 0.1) is 6.61 Å². The van der Waals surface area contributed by atoms with Crippen LogP contribution < -0.4 is 5.73 Å². The highest BCUT2D eigenvalue weighted by atomic mass is 16.5. The zero-order valence-corrected chi connectivity index (χ0v) is 16.0. The predicted molar refractivity (Wildman–Crippen MR) is 101 cm³/mol. The first-order valence-electron chi connectivity index (χ1n) is 10.2. The van der Waals surface area contributed by atoms with Crippen molar-refractivity contribution in [2.75, 3.05) is 13.2 Å². The van der Waals surface area contributed by atoms with E-state index in [-0.39, 0.29) is 25.1 Å². The van der Waals surface area contributed by atoms with Crippen LogP contribution in [0, 0.1) is 0 Å². The zero-order valence-electron chi connectivity index (χ0n) is 16.0. The minimum Gasteiger partial charge on any atom is -0.463 e. The summed E-state index contributed by atoms with van der Waals surface area (Å²) < 4.78 is 4.81. The van der Waals surface area contributed by atoms with E-state index in [0.717, 1.165) is 25.7 Å². The van der Waals surface area contributed by atoms with E-state index >= 15 is 0 Å². The number of ether oxygens (including phenoxy) is 1. The second-order valence-corrected chi connectivity index (χ2v) is 6.86. The molecule has 0 spiro atoms. The molecule has 0 aliphatic carbocycles. The van der Waals surface area contributed by atoms with Gasteiger partial charge in [-0.15, -0.1) is 0 Å². The second kappa shape index (κ2) is 19.2. The average molecular weight is 358 g/mol. The van der Waals surface area contributed by atoms with E-state index in [2.05, 4.69) is 0 Å². The third-order valence-corrected chi connectivity index (χ3v) is 4.41. The minimum absolute atomic E-state index is 0.0945. The first-order chi connectivity index (χ1) is 12.2. The lowest BCUT2D eigenvalue weighted by molar-refractivity contribution is -0.144. The van der Waals surface area contributed by atoms with Gasteiger partial charge in [0.25, 0.3) is 0 Å². The molecule has 0 saturated carbocycles. The molecule has 5 heteroatoms. The topological polar surface area (TPSA) is 89.6 Å². The van der Waals surface area contributed by atoms with Crippen molar-refractivity contribution in [3.63, 3.8) is 0 Å². The normalized spacial score (nSPS) is 10.8. The van der Waals surface area contributed by atoms with Crippen molar-refractivity contribution in [1.29, 1.82) is 0 Å². The van der Waals surface area contributed by atoms with E-state index in [1.54, 1.807) is 0 Å². The van der Waals surface area contributed by atoms with Gasteiger partial charge < -0.3 is 15.6 Å². The lowest BCUT2D eigenvalue weighted by Gasteiger charge is -2.04. The van der Waals surface area contributed by atoms with E-state index in [4.69, 9.17) is 15.6 Å². The number of carbonyl (C=O) groups excluding carboxylic acids is 2. The average Bonchev–Trinajstić information content (AvgIpc) is 2.59. The third kappa shape index (κ3) is 20.9. The lowest BCUT2D eigenvalue weighted by atomic mass is 10.0. The van der Waals surface area contributed by atoms with Crippen molar-refractivity contribution in [1.82, 2.24) is 0 Å². The molecular formula is C20H39NO4. The molecule has 0 atom stereocenters. The lowest BCUT2D eigenvalue weighted by Crippen LogP contribution is -2.09. The van der Waals surface area contributed by atoms with E-state index in [1.165, 1.54) is 64.2 Å². The summed E-state index contributed by atoms with van der Waals surface area (Å²) in [5, 5.41) is 8.54. The molecule has 148 valence electrons. The molecular weight excluding hydrogens is 318 g/mol. The fourth-order valence-corrected chi connectivity index (χ4v) is 2.92. The highest BCUT2D eigenvalue weighted by Gasteiger charge is 2.01. The first kappa shape index (κ1) is 23.9. The number of amides is 1. The minimum atomic E-state index is -0.193. The van der Waals surface area contributed by atoms with Gasteiger partial charge in [-0.05, 0) is 12.8 Å². The van der Waals surface area contributed by atoms with Crippen molar-refractivity contribution in [3.8, 4) is 0 Å².